The van der Waals surface area contributed by atoms with E-state index in [1.54, 1.807) is 19.4 Å². The zero-order valence-electron chi connectivity index (χ0n) is 14.9. The molecule has 0 saturated carbocycles. The Balaban J connectivity index is 1.49. The van der Waals surface area contributed by atoms with Crippen molar-refractivity contribution in [3.63, 3.8) is 0 Å². The zero-order chi connectivity index (χ0) is 17.6. The van der Waals surface area contributed by atoms with Gasteiger partial charge in [0.25, 0.3) is 0 Å². The number of methoxy groups -OCH3 is 1. The number of hydrogen-bond donors (Lipinski definition) is 1. The zero-order valence-corrected chi connectivity index (χ0v) is 14.9. The van der Waals surface area contributed by atoms with Crippen molar-refractivity contribution >= 4 is 6.03 Å². The normalized spacial score (nSPS) is 15.0. The summed E-state index contributed by atoms with van der Waals surface area (Å²) in [4.78, 5) is 18.4. The summed E-state index contributed by atoms with van der Waals surface area (Å²) in [6, 6.07) is 12.3. The Kier molecular flexibility index (Phi) is 5.53. The van der Waals surface area contributed by atoms with E-state index in [4.69, 9.17) is 4.74 Å². The predicted molar refractivity (Wildman–Crippen MR) is 97.8 cm³/mol. The number of piperidine rings is 1. The van der Waals surface area contributed by atoms with Crippen LogP contribution in [-0.4, -0.2) is 36.1 Å². The lowest BCUT2D eigenvalue weighted by molar-refractivity contribution is 0.181. The number of nitrogens with zero attached hydrogens (tertiary/aromatic N) is 2. The molecule has 5 heteroatoms. The summed E-state index contributed by atoms with van der Waals surface area (Å²) in [7, 11) is 1.59. The van der Waals surface area contributed by atoms with E-state index in [0.717, 1.165) is 31.5 Å². The summed E-state index contributed by atoms with van der Waals surface area (Å²) in [6.45, 7) is 4.24. The van der Waals surface area contributed by atoms with Crippen molar-refractivity contribution in [1.29, 1.82) is 0 Å². The average molecular weight is 339 g/mol. The number of nitrogens with one attached hydrogen (secondary N) is 1. The maximum atomic E-state index is 12.4. The van der Waals surface area contributed by atoms with Crippen LogP contribution in [0.4, 0.5) is 4.79 Å². The van der Waals surface area contributed by atoms with E-state index in [9.17, 15) is 4.79 Å². The van der Waals surface area contributed by atoms with Crippen LogP contribution in [0.15, 0.2) is 42.6 Å². The fraction of sp³-hybridized carbons (Fsp3) is 0.400. The van der Waals surface area contributed by atoms with E-state index < -0.39 is 0 Å². The maximum Gasteiger partial charge on any atom is 0.317 e. The van der Waals surface area contributed by atoms with Gasteiger partial charge in [-0.05, 0) is 42.4 Å². The number of aryl methyl sites for hydroxylation is 1. The third-order valence-corrected chi connectivity index (χ3v) is 4.86. The van der Waals surface area contributed by atoms with Crippen molar-refractivity contribution in [2.45, 2.75) is 32.2 Å². The fourth-order valence-electron chi connectivity index (χ4n) is 3.36. The van der Waals surface area contributed by atoms with Gasteiger partial charge < -0.3 is 15.0 Å². The third kappa shape index (κ3) is 4.29. The number of aromatic nitrogens is 1. The van der Waals surface area contributed by atoms with Crippen LogP contribution in [0, 0.1) is 6.92 Å². The van der Waals surface area contributed by atoms with E-state index >= 15 is 0 Å². The number of hydrogen-bond acceptors (Lipinski definition) is 3. The minimum absolute atomic E-state index is 0.000878. The topological polar surface area (TPSA) is 54.5 Å². The molecule has 0 radical (unpaired) electrons. The first-order valence-electron chi connectivity index (χ1n) is 8.74. The Morgan fingerprint density at radius 1 is 1.24 bits per heavy atom. The highest BCUT2D eigenvalue weighted by atomic mass is 16.5. The lowest BCUT2D eigenvalue weighted by atomic mass is 9.87. The van der Waals surface area contributed by atoms with Crippen LogP contribution in [0.5, 0.6) is 5.88 Å². The average Bonchev–Trinajstić information content (AvgIpc) is 2.67. The van der Waals surface area contributed by atoms with Crippen molar-refractivity contribution in [1.82, 2.24) is 15.2 Å². The molecule has 0 unspecified atom stereocenters. The van der Waals surface area contributed by atoms with E-state index in [1.807, 2.05) is 11.0 Å². The van der Waals surface area contributed by atoms with Gasteiger partial charge in [0, 0.05) is 31.9 Å². The summed E-state index contributed by atoms with van der Waals surface area (Å²) < 4.78 is 5.04. The second kappa shape index (κ2) is 8.01. The lowest BCUT2D eigenvalue weighted by Crippen LogP contribution is -2.43. The van der Waals surface area contributed by atoms with Crippen molar-refractivity contribution in [2.24, 2.45) is 0 Å². The number of pyridine rings is 1. The molecule has 0 aliphatic carbocycles. The standard InChI is InChI=1S/C20H25N3O2/c1-15-5-3-4-6-18(15)17-9-11-23(12-10-17)20(24)22-14-16-7-8-19(25-2)21-13-16/h3-8,13,17H,9-12,14H2,1-2H3,(H,22,24). The van der Waals surface area contributed by atoms with Crippen molar-refractivity contribution in [3.05, 3.63) is 59.3 Å². The SMILES string of the molecule is COc1ccc(CNC(=O)N2CCC(c3ccccc3C)CC2)cn1. The molecule has 2 aromatic rings. The van der Waals surface area contributed by atoms with Crippen LogP contribution in [0.2, 0.25) is 0 Å². The van der Waals surface area contributed by atoms with E-state index in [1.165, 1.54) is 11.1 Å². The molecule has 1 aliphatic heterocycles. The molecule has 1 aromatic heterocycles. The first-order valence-corrected chi connectivity index (χ1v) is 8.74. The van der Waals surface area contributed by atoms with Gasteiger partial charge in [-0.15, -0.1) is 0 Å². The summed E-state index contributed by atoms with van der Waals surface area (Å²) in [6.07, 6.45) is 3.76. The molecule has 1 N–H and O–H groups in total. The molecule has 1 saturated heterocycles. The molecule has 0 bridgehead atoms. The quantitative estimate of drug-likeness (QED) is 0.928. The summed E-state index contributed by atoms with van der Waals surface area (Å²) in [5.41, 5.74) is 3.73. The highest BCUT2D eigenvalue weighted by Gasteiger charge is 2.24. The Morgan fingerprint density at radius 3 is 2.64 bits per heavy atom. The van der Waals surface area contributed by atoms with Crippen LogP contribution in [0.1, 0.15) is 35.4 Å². The van der Waals surface area contributed by atoms with Gasteiger partial charge in [0.2, 0.25) is 5.88 Å². The number of likely N-dealkylation sites (tertiary alicyclic amines) is 1. The molecule has 25 heavy (non-hydrogen) atoms. The second-order valence-corrected chi connectivity index (χ2v) is 6.49. The second-order valence-electron chi connectivity index (χ2n) is 6.49. The highest BCUT2D eigenvalue weighted by molar-refractivity contribution is 5.74. The molecule has 3 rings (SSSR count). The van der Waals surface area contributed by atoms with E-state index in [2.05, 4.69) is 41.5 Å². The van der Waals surface area contributed by atoms with E-state index in [-0.39, 0.29) is 6.03 Å². The van der Waals surface area contributed by atoms with Crippen molar-refractivity contribution in [2.75, 3.05) is 20.2 Å². The van der Waals surface area contributed by atoms with Gasteiger partial charge in [0.05, 0.1) is 7.11 Å². The number of carbonyl (C=O) groups excluding carboxylic acids is 1. The largest absolute Gasteiger partial charge is 0.481 e. The summed E-state index contributed by atoms with van der Waals surface area (Å²) in [5.74, 6) is 1.13. The van der Waals surface area contributed by atoms with Gasteiger partial charge in [-0.25, -0.2) is 9.78 Å². The summed E-state index contributed by atoms with van der Waals surface area (Å²) in [5, 5.41) is 2.98. The molecule has 132 valence electrons. The Bertz CT molecular complexity index is 707. The number of carbonyl (C=O) groups is 1. The van der Waals surface area contributed by atoms with Gasteiger partial charge in [-0.2, -0.15) is 0 Å². The van der Waals surface area contributed by atoms with E-state index in [0.29, 0.717) is 18.3 Å². The summed E-state index contributed by atoms with van der Waals surface area (Å²) >= 11 is 0. The number of urea groups is 1. The molecule has 0 atom stereocenters. The molecule has 2 amide bonds. The first-order chi connectivity index (χ1) is 12.2. The van der Waals surface area contributed by atoms with Gasteiger partial charge >= 0.3 is 6.03 Å². The first kappa shape index (κ1) is 17.3. The van der Waals surface area contributed by atoms with Gasteiger partial charge in [0.15, 0.2) is 0 Å². The number of amides is 2. The molecule has 1 fully saturated rings. The Hall–Kier alpha value is -2.56. The van der Waals surface area contributed by atoms with Crippen LogP contribution in [0.25, 0.3) is 0 Å². The van der Waals surface area contributed by atoms with Crippen LogP contribution in [-0.2, 0) is 6.54 Å². The minimum atomic E-state index is -0.000878. The Morgan fingerprint density at radius 2 is 2.00 bits per heavy atom. The molecule has 5 nitrogen and oxygen atoms in total. The molecule has 0 spiro atoms. The Labute approximate surface area is 149 Å². The highest BCUT2D eigenvalue weighted by Crippen LogP contribution is 2.30. The van der Waals surface area contributed by atoms with Gasteiger partial charge in [0.1, 0.15) is 0 Å². The molecule has 2 heterocycles. The van der Waals surface area contributed by atoms with Crippen LogP contribution >= 0.6 is 0 Å². The lowest BCUT2D eigenvalue weighted by Gasteiger charge is -2.32. The number of ether oxygens (including phenoxy) is 1. The number of rotatable bonds is 4. The molecule has 1 aromatic carbocycles. The maximum absolute atomic E-state index is 12.4. The fourth-order valence-corrected chi connectivity index (χ4v) is 3.36. The van der Waals surface area contributed by atoms with Crippen LogP contribution in [0.3, 0.4) is 0 Å². The van der Waals surface area contributed by atoms with Gasteiger partial charge in [-0.3, -0.25) is 0 Å². The van der Waals surface area contributed by atoms with Crippen molar-refractivity contribution < 1.29 is 9.53 Å². The van der Waals surface area contributed by atoms with Crippen molar-refractivity contribution in [3.8, 4) is 5.88 Å². The molecule has 1 aliphatic rings. The molecular weight excluding hydrogens is 314 g/mol. The van der Waals surface area contributed by atoms with Crippen LogP contribution < -0.4 is 10.1 Å². The third-order valence-electron chi connectivity index (χ3n) is 4.86. The monoisotopic (exact) mass is 339 g/mol. The molecular formula is C20H25N3O2. The smallest absolute Gasteiger partial charge is 0.317 e. The van der Waals surface area contributed by atoms with Gasteiger partial charge in [-0.1, -0.05) is 30.3 Å². The number of benzene rings is 1. The minimum Gasteiger partial charge on any atom is -0.481 e. The predicted octanol–water partition coefficient (Wildman–Crippen LogP) is 3.49.